The lowest BCUT2D eigenvalue weighted by atomic mass is 9.89. The zero-order chi connectivity index (χ0) is 18.3. The van der Waals surface area contributed by atoms with Crippen LogP contribution in [0, 0.1) is 0 Å². The molecule has 2 N–H and O–H groups in total. The van der Waals surface area contributed by atoms with Crippen molar-refractivity contribution in [2.45, 2.75) is 44.1 Å². The van der Waals surface area contributed by atoms with Crippen molar-refractivity contribution in [1.82, 2.24) is 20.4 Å². The van der Waals surface area contributed by atoms with Crippen molar-refractivity contribution in [2.75, 3.05) is 7.05 Å². The third-order valence-electron chi connectivity index (χ3n) is 5.64. The predicted molar refractivity (Wildman–Crippen MR) is 101 cm³/mol. The Morgan fingerprint density at radius 1 is 1.23 bits per heavy atom. The first-order valence-electron chi connectivity index (χ1n) is 9.24. The third-order valence-corrected chi connectivity index (χ3v) is 5.64. The van der Waals surface area contributed by atoms with Gasteiger partial charge in [0.05, 0.1) is 17.1 Å². The minimum atomic E-state index is -0.354. The summed E-state index contributed by atoms with van der Waals surface area (Å²) < 4.78 is 1.84. The van der Waals surface area contributed by atoms with Crippen LogP contribution < -0.4 is 10.6 Å². The number of carbonyl (C=O) groups excluding carboxylic acids is 2. The van der Waals surface area contributed by atoms with E-state index in [-0.39, 0.29) is 17.7 Å². The lowest BCUT2D eigenvalue weighted by Gasteiger charge is -2.21. The Balaban J connectivity index is 1.68. The molecule has 1 aromatic carbocycles. The number of aryl methyl sites for hydroxylation is 1. The highest BCUT2D eigenvalue weighted by molar-refractivity contribution is 6.02. The smallest absolute Gasteiger partial charge is 0.235 e. The lowest BCUT2D eigenvalue weighted by Crippen LogP contribution is -2.39. The quantitative estimate of drug-likeness (QED) is 0.831. The summed E-state index contributed by atoms with van der Waals surface area (Å²) in [6.45, 7) is 0. The number of rotatable bonds is 3. The molecular weight excluding hydrogens is 328 g/mol. The zero-order valence-corrected chi connectivity index (χ0v) is 15.2. The Morgan fingerprint density at radius 3 is 2.77 bits per heavy atom. The van der Waals surface area contributed by atoms with Gasteiger partial charge >= 0.3 is 0 Å². The van der Waals surface area contributed by atoms with Gasteiger partial charge < -0.3 is 5.32 Å². The lowest BCUT2D eigenvalue weighted by molar-refractivity contribution is -0.134. The maximum absolute atomic E-state index is 12.2. The van der Waals surface area contributed by atoms with Crippen molar-refractivity contribution < 1.29 is 9.59 Å². The number of benzene rings is 1. The summed E-state index contributed by atoms with van der Waals surface area (Å²) in [6, 6.07) is 6.94. The molecule has 1 aliphatic carbocycles. The minimum Gasteiger partial charge on any atom is -0.317 e. The molecule has 1 saturated heterocycles. The van der Waals surface area contributed by atoms with E-state index in [0.717, 1.165) is 35.9 Å². The van der Waals surface area contributed by atoms with Crippen LogP contribution in [-0.2, 0) is 16.6 Å². The highest BCUT2D eigenvalue weighted by Crippen LogP contribution is 2.33. The second-order valence-corrected chi connectivity index (χ2v) is 7.23. The molecule has 1 aliphatic heterocycles. The molecule has 0 bridgehead atoms. The van der Waals surface area contributed by atoms with E-state index in [2.05, 4.69) is 40.0 Å². The van der Waals surface area contributed by atoms with Crippen LogP contribution in [0.25, 0.3) is 16.5 Å². The van der Waals surface area contributed by atoms with Crippen LogP contribution in [0.5, 0.6) is 0 Å². The van der Waals surface area contributed by atoms with E-state index in [0.29, 0.717) is 18.9 Å². The van der Waals surface area contributed by atoms with Crippen LogP contribution >= 0.6 is 0 Å². The number of aromatic nitrogens is 2. The van der Waals surface area contributed by atoms with Crippen LogP contribution in [0.4, 0.5) is 0 Å². The van der Waals surface area contributed by atoms with E-state index in [9.17, 15) is 9.59 Å². The molecule has 0 spiro atoms. The first-order chi connectivity index (χ1) is 12.6. The normalized spacial score (nSPS) is 23.8. The summed E-state index contributed by atoms with van der Waals surface area (Å²) in [4.78, 5) is 23.7. The largest absolute Gasteiger partial charge is 0.317 e. The van der Waals surface area contributed by atoms with E-state index < -0.39 is 0 Å². The average molecular weight is 352 g/mol. The Labute approximate surface area is 152 Å². The summed E-state index contributed by atoms with van der Waals surface area (Å²) >= 11 is 0. The van der Waals surface area contributed by atoms with Crippen molar-refractivity contribution in [2.24, 2.45) is 7.05 Å². The van der Waals surface area contributed by atoms with E-state index in [4.69, 9.17) is 0 Å². The molecule has 1 fully saturated rings. The molecule has 2 heterocycles. The summed E-state index contributed by atoms with van der Waals surface area (Å²) in [6.07, 6.45) is 6.48. The van der Waals surface area contributed by atoms with Gasteiger partial charge in [0, 0.05) is 24.9 Å². The molecule has 2 unspecified atom stereocenters. The predicted octanol–water partition coefficient (Wildman–Crippen LogP) is 2.25. The molecule has 0 saturated carbocycles. The van der Waals surface area contributed by atoms with Crippen molar-refractivity contribution in [3.8, 4) is 0 Å². The number of nitrogens with one attached hydrogen (secondary N) is 2. The van der Waals surface area contributed by atoms with Crippen LogP contribution in [-0.4, -0.2) is 34.7 Å². The van der Waals surface area contributed by atoms with E-state index in [1.807, 2.05) is 18.8 Å². The summed E-state index contributed by atoms with van der Waals surface area (Å²) in [5.41, 5.74) is 4.40. The standard InChI is InChI=1S/C20H24N4O2/c1-21-14-6-3-12(4-7-14)13-5-8-15-17(11-13)24(2)23-19(15)16-9-10-18(25)22-20(16)26/h3,5,8,11,14,16,21H,4,6-7,9-10H2,1-2H3,(H,22,25,26). The minimum absolute atomic E-state index is 0.196. The van der Waals surface area contributed by atoms with Crippen molar-refractivity contribution in [1.29, 1.82) is 0 Å². The Morgan fingerprint density at radius 2 is 2.08 bits per heavy atom. The number of hydrogen-bond acceptors (Lipinski definition) is 4. The van der Waals surface area contributed by atoms with Gasteiger partial charge in [-0.25, -0.2) is 0 Å². The second kappa shape index (κ2) is 6.68. The number of fused-ring (bicyclic) bond motifs is 1. The Kier molecular flexibility index (Phi) is 4.36. The topological polar surface area (TPSA) is 76.0 Å². The van der Waals surface area contributed by atoms with E-state index in [1.54, 1.807) is 0 Å². The molecule has 2 aromatic rings. The number of allylic oxidation sites excluding steroid dienone is 1. The van der Waals surface area contributed by atoms with Gasteiger partial charge in [-0.15, -0.1) is 0 Å². The van der Waals surface area contributed by atoms with E-state index >= 15 is 0 Å². The molecule has 2 amide bonds. The molecule has 6 heteroatoms. The fraction of sp³-hybridized carbons (Fsp3) is 0.450. The summed E-state index contributed by atoms with van der Waals surface area (Å²) in [7, 11) is 3.93. The molecule has 26 heavy (non-hydrogen) atoms. The molecule has 1 aromatic heterocycles. The summed E-state index contributed by atoms with van der Waals surface area (Å²) in [5, 5.41) is 11.4. The van der Waals surface area contributed by atoms with Gasteiger partial charge in [-0.3, -0.25) is 19.6 Å². The van der Waals surface area contributed by atoms with Crippen LogP contribution in [0.3, 0.4) is 0 Å². The van der Waals surface area contributed by atoms with Gasteiger partial charge in [-0.05, 0) is 49.9 Å². The van der Waals surface area contributed by atoms with Crippen LogP contribution in [0.2, 0.25) is 0 Å². The average Bonchev–Trinajstić information content (AvgIpc) is 2.98. The van der Waals surface area contributed by atoms with Gasteiger partial charge in [0.15, 0.2) is 0 Å². The SMILES string of the molecule is CNC1CC=C(c2ccc3c(C4CCC(=O)NC4=O)nn(C)c3c2)CC1. The monoisotopic (exact) mass is 352 g/mol. The van der Waals surface area contributed by atoms with E-state index in [1.165, 1.54) is 11.1 Å². The molecule has 4 rings (SSSR count). The first-order valence-corrected chi connectivity index (χ1v) is 9.24. The molecular formula is C20H24N4O2. The number of piperidine rings is 1. The Hall–Kier alpha value is -2.47. The third kappa shape index (κ3) is 2.94. The van der Waals surface area contributed by atoms with Gasteiger partial charge in [0.1, 0.15) is 0 Å². The first kappa shape index (κ1) is 17.0. The van der Waals surface area contributed by atoms with Crippen molar-refractivity contribution in [3.63, 3.8) is 0 Å². The number of hydrogen-bond donors (Lipinski definition) is 2. The number of nitrogens with zero attached hydrogens (tertiary/aromatic N) is 2. The molecule has 6 nitrogen and oxygen atoms in total. The van der Waals surface area contributed by atoms with Gasteiger partial charge in [-0.1, -0.05) is 18.2 Å². The number of amides is 2. The van der Waals surface area contributed by atoms with Crippen LogP contribution in [0.15, 0.2) is 24.3 Å². The van der Waals surface area contributed by atoms with Crippen LogP contribution in [0.1, 0.15) is 49.3 Å². The van der Waals surface area contributed by atoms with Crippen molar-refractivity contribution in [3.05, 3.63) is 35.5 Å². The Bertz CT molecular complexity index is 912. The van der Waals surface area contributed by atoms with Gasteiger partial charge in [-0.2, -0.15) is 5.10 Å². The highest BCUT2D eigenvalue weighted by Gasteiger charge is 2.31. The number of carbonyl (C=O) groups is 2. The fourth-order valence-corrected chi connectivity index (χ4v) is 4.06. The molecule has 136 valence electrons. The fourth-order valence-electron chi connectivity index (χ4n) is 4.06. The maximum Gasteiger partial charge on any atom is 0.235 e. The second-order valence-electron chi connectivity index (χ2n) is 7.23. The molecule has 2 atom stereocenters. The zero-order valence-electron chi connectivity index (χ0n) is 15.2. The molecule has 0 radical (unpaired) electrons. The summed E-state index contributed by atoms with van der Waals surface area (Å²) in [5.74, 6) is -0.788. The number of imide groups is 1. The molecule has 2 aliphatic rings. The maximum atomic E-state index is 12.2. The van der Waals surface area contributed by atoms with Crippen molar-refractivity contribution >= 4 is 28.3 Å². The highest BCUT2D eigenvalue weighted by atomic mass is 16.2. The van der Waals surface area contributed by atoms with Gasteiger partial charge in [0.25, 0.3) is 0 Å². The van der Waals surface area contributed by atoms with Gasteiger partial charge in [0.2, 0.25) is 11.8 Å².